The molecule has 3 nitrogen and oxygen atoms in total. The summed E-state index contributed by atoms with van der Waals surface area (Å²) in [4.78, 5) is 0. The van der Waals surface area contributed by atoms with Gasteiger partial charge in [0, 0.05) is 0 Å². The van der Waals surface area contributed by atoms with Crippen LogP contribution in [0.3, 0.4) is 0 Å². The molecule has 0 bridgehead atoms. The molecule has 0 amide bonds. The van der Waals surface area contributed by atoms with Crippen LogP contribution in [0.1, 0.15) is 39.5 Å². The lowest BCUT2D eigenvalue weighted by Crippen LogP contribution is -2.48. The predicted octanol–water partition coefficient (Wildman–Crippen LogP) is 1.55. The van der Waals surface area contributed by atoms with Crippen molar-refractivity contribution in [2.75, 3.05) is 20.3 Å². The Morgan fingerprint density at radius 2 is 2.20 bits per heavy atom. The summed E-state index contributed by atoms with van der Waals surface area (Å²) in [6, 6.07) is 0. The van der Waals surface area contributed by atoms with E-state index in [0.717, 1.165) is 5.92 Å². The van der Waals surface area contributed by atoms with Crippen LogP contribution in [0, 0.1) is 5.92 Å². The molecular weight excluding hydrogens is 190 g/mol. The van der Waals surface area contributed by atoms with Gasteiger partial charge in [-0.25, -0.2) is 0 Å². The van der Waals surface area contributed by atoms with E-state index in [4.69, 9.17) is 4.74 Å². The Hall–Kier alpha value is -0.120. The van der Waals surface area contributed by atoms with E-state index in [1.165, 1.54) is 25.7 Å². The molecule has 0 aromatic heterocycles. The summed E-state index contributed by atoms with van der Waals surface area (Å²) >= 11 is 0. The molecule has 0 saturated heterocycles. The van der Waals surface area contributed by atoms with Crippen molar-refractivity contribution in [3.63, 3.8) is 0 Å². The van der Waals surface area contributed by atoms with Gasteiger partial charge in [0.25, 0.3) is 0 Å². The van der Waals surface area contributed by atoms with E-state index >= 15 is 0 Å². The quantitative estimate of drug-likeness (QED) is 0.731. The van der Waals surface area contributed by atoms with Gasteiger partial charge >= 0.3 is 0 Å². The van der Waals surface area contributed by atoms with E-state index < -0.39 is 0 Å². The second-order valence-electron chi connectivity index (χ2n) is 5.17. The minimum atomic E-state index is -0.291. The van der Waals surface area contributed by atoms with Crippen molar-refractivity contribution < 1.29 is 9.84 Å². The van der Waals surface area contributed by atoms with Crippen LogP contribution in [0.15, 0.2) is 0 Å². The number of aliphatic hydroxyl groups excluding tert-OH is 1. The van der Waals surface area contributed by atoms with Gasteiger partial charge in [-0.3, -0.25) is 0 Å². The maximum Gasteiger partial charge on any atom is 0.0671 e. The van der Waals surface area contributed by atoms with E-state index in [1.807, 2.05) is 14.0 Å². The topological polar surface area (TPSA) is 41.5 Å². The summed E-state index contributed by atoms with van der Waals surface area (Å²) in [5, 5.41) is 12.3. The van der Waals surface area contributed by atoms with E-state index in [9.17, 15) is 5.11 Å². The average molecular weight is 215 g/mol. The Morgan fingerprint density at radius 3 is 2.73 bits per heavy atom. The molecule has 0 aliphatic heterocycles. The van der Waals surface area contributed by atoms with Gasteiger partial charge in [-0.2, -0.15) is 0 Å². The first-order valence-corrected chi connectivity index (χ1v) is 6.01. The SMILES string of the molecule is CNC(C)(CO)COC1CCCC(C)C1. The number of nitrogens with one attached hydrogen (secondary N) is 1. The highest BCUT2D eigenvalue weighted by Crippen LogP contribution is 2.26. The molecule has 3 unspecified atom stereocenters. The third kappa shape index (κ3) is 4.09. The summed E-state index contributed by atoms with van der Waals surface area (Å²) in [6.45, 7) is 4.99. The Labute approximate surface area is 93.2 Å². The van der Waals surface area contributed by atoms with Crippen molar-refractivity contribution in [1.82, 2.24) is 5.32 Å². The fourth-order valence-electron chi connectivity index (χ4n) is 2.03. The molecule has 1 aliphatic carbocycles. The molecule has 90 valence electrons. The third-order valence-corrected chi connectivity index (χ3v) is 3.48. The molecule has 0 radical (unpaired) electrons. The maximum absolute atomic E-state index is 9.22. The van der Waals surface area contributed by atoms with Gasteiger partial charge in [0.05, 0.1) is 24.9 Å². The Bertz CT molecular complexity index is 180. The highest BCUT2D eigenvalue weighted by molar-refractivity contribution is 4.81. The molecule has 0 heterocycles. The highest BCUT2D eigenvalue weighted by atomic mass is 16.5. The number of ether oxygens (including phenoxy) is 1. The second-order valence-corrected chi connectivity index (χ2v) is 5.17. The first-order chi connectivity index (χ1) is 7.09. The molecule has 3 heteroatoms. The van der Waals surface area contributed by atoms with Gasteiger partial charge < -0.3 is 15.2 Å². The lowest BCUT2D eigenvalue weighted by Gasteiger charge is -2.32. The van der Waals surface area contributed by atoms with Crippen molar-refractivity contribution in [1.29, 1.82) is 0 Å². The van der Waals surface area contributed by atoms with Crippen LogP contribution >= 0.6 is 0 Å². The van der Waals surface area contributed by atoms with Crippen molar-refractivity contribution in [2.45, 2.75) is 51.2 Å². The lowest BCUT2D eigenvalue weighted by atomic mass is 9.88. The largest absolute Gasteiger partial charge is 0.394 e. The minimum absolute atomic E-state index is 0.117. The molecule has 0 aromatic rings. The van der Waals surface area contributed by atoms with Gasteiger partial charge in [-0.05, 0) is 32.7 Å². The van der Waals surface area contributed by atoms with E-state index in [-0.39, 0.29) is 12.1 Å². The van der Waals surface area contributed by atoms with Crippen LogP contribution < -0.4 is 5.32 Å². The number of aliphatic hydroxyl groups is 1. The average Bonchev–Trinajstić information content (AvgIpc) is 2.26. The normalized spacial score (nSPS) is 31.2. The molecule has 2 N–H and O–H groups in total. The van der Waals surface area contributed by atoms with E-state index in [2.05, 4.69) is 12.2 Å². The Kier molecular flexibility index (Phi) is 5.03. The van der Waals surface area contributed by atoms with Gasteiger partial charge in [-0.15, -0.1) is 0 Å². The third-order valence-electron chi connectivity index (χ3n) is 3.48. The fraction of sp³-hybridized carbons (Fsp3) is 1.00. The summed E-state index contributed by atoms with van der Waals surface area (Å²) in [7, 11) is 1.86. The number of likely N-dealkylation sites (N-methyl/N-ethyl adjacent to an activating group) is 1. The summed E-state index contributed by atoms with van der Waals surface area (Å²) in [6.07, 6.45) is 5.36. The molecule has 0 spiro atoms. The van der Waals surface area contributed by atoms with Crippen molar-refractivity contribution >= 4 is 0 Å². The molecule has 1 fully saturated rings. The van der Waals surface area contributed by atoms with Gasteiger partial charge in [0.15, 0.2) is 0 Å². The molecule has 0 aromatic carbocycles. The molecule has 3 atom stereocenters. The zero-order valence-electron chi connectivity index (χ0n) is 10.3. The van der Waals surface area contributed by atoms with Gasteiger partial charge in [-0.1, -0.05) is 19.8 Å². The van der Waals surface area contributed by atoms with Gasteiger partial charge in [0.2, 0.25) is 0 Å². The zero-order valence-corrected chi connectivity index (χ0v) is 10.3. The summed E-state index contributed by atoms with van der Waals surface area (Å²) < 4.78 is 5.88. The van der Waals surface area contributed by atoms with Crippen molar-refractivity contribution in [2.24, 2.45) is 5.92 Å². The van der Waals surface area contributed by atoms with Crippen LogP contribution in [-0.2, 0) is 4.74 Å². The first-order valence-electron chi connectivity index (χ1n) is 6.01. The van der Waals surface area contributed by atoms with Crippen LogP contribution in [0.25, 0.3) is 0 Å². The van der Waals surface area contributed by atoms with Crippen molar-refractivity contribution in [3.05, 3.63) is 0 Å². The Morgan fingerprint density at radius 1 is 1.47 bits per heavy atom. The van der Waals surface area contributed by atoms with Crippen LogP contribution in [0.4, 0.5) is 0 Å². The van der Waals surface area contributed by atoms with Crippen LogP contribution in [0.2, 0.25) is 0 Å². The lowest BCUT2D eigenvalue weighted by molar-refractivity contribution is -0.0251. The zero-order chi connectivity index (χ0) is 11.3. The molecule has 1 rings (SSSR count). The minimum Gasteiger partial charge on any atom is -0.394 e. The number of hydrogen-bond donors (Lipinski definition) is 2. The fourth-order valence-corrected chi connectivity index (χ4v) is 2.03. The van der Waals surface area contributed by atoms with E-state index in [0.29, 0.717) is 12.7 Å². The standard InChI is InChI=1S/C12H25NO2/c1-10-5-4-6-11(7-10)15-9-12(2,8-14)13-3/h10-11,13-14H,4-9H2,1-3H3. The molecular formula is C12H25NO2. The second kappa shape index (κ2) is 5.83. The Balaban J connectivity index is 2.29. The molecule has 1 saturated carbocycles. The highest BCUT2D eigenvalue weighted by Gasteiger charge is 2.25. The molecule has 1 aliphatic rings. The first kappa shape index (κ1) is 12.9. The maximum atomic E-state index is 9.22. The molecule has 15 heavy (non-hydrogen) atoms. The summed E-state index contributed by atoms with van der Waals surface area (Å²) in [5.41, 5.74) is -0.291. The van der Waals surface area contributed by atoms with Gasteiger partial charge in [0.1, 0.15) is 0 Å². The van der Waals surface area contributed by atoms with Crippen molar-refractivity contribution in [3.8, 4) is 0 Å². The van der Waals surface area contributed by atoms with Crippen LogP contribution in [-0.4, -0.2) is 37.0 Å². The number of hydrogen-bond acceptors (Lipinski definition) is 3. The monoisotopic (exact) mass is 215 g/mol. The van der Waals surface area contributed by atoms with E-state index in [1.54, 1.807) is 0 Å². The smallest absolute Gasteiger partial charge is 0.0671 e. The number of rotatable bonds is 5. The van der Waals surface area contributed by atoms with Crippen LogP contribution in [0.5, 0.6) is 0 Å². The summed E-state index contributed by atoms with van der Waals surface area (Å²) in [5.74, 6) is 0.790. The predicted molar refractivity (Wildman–Crippen MR) is 61.9 cm³/mol.